The lowest BCUT2D eigenvalue weighted by atomic mass is 9.86. The lowest BCUT2D eigenvalue weighted by Gasteiger charge is -2.38. The summed E-state index contributed by atoms with van der Waals surface area (Å²) < 4.78 is 70.4. The van der Waals surface area contributed by atoms with E-state index in [0.29, 0.717) is 55.8 Å². The first-order valence-corrected chi connectivity index (χ1v) is 45.6. The number of ketones is 1. The number of halogens is 1. The summed E-state index contributed by atoms with van der Waals surface area (Å²) in [5, 5.41) is 54.6. The van der Waals surface area contributed by atoms with Gasteiger partial charge in [0.1, 0.15) is 55.5 Å². The smallest absolute Gasteiger partial charge is 0.481 e. The molecule has 1 aromatic heterocycles. The van der Waals surface area contributed by atoms with E-state index < -0.39 is 91.0 Å². The maximum absolute atomic E-state index is 14.4. The van der Waals surface area contributed by atoms with Crippen molar-refractivity contribution in [1.29, 1.82) is 0 Å². The Hall–Kier alpha value is -6.26. The summed E-state index contributed by atoms with van der Waals surface area (Å²) in [5.74, 6) is -3.75. The van der Waals surface area contributed by atoms with Crippen LogP contribution in [-0.2, 0) is 96.9 Å². The number of unbranched alkanes of at least 4 members (excludes halogenated alkanes) is 8. The second kappa shape index (κ2) is 68.1. The molecule has 2 heterocycles. The molecule has 1 fully saturated rings. The molecule has 36 heteroatoms. The number of esters is 3. The molecule has 0 radical (unpaired) electrons. The molecule has 32 nitrogen and oxygen atoms in total. The highest BCUT2D eigenvalue weighted by atomic mass is 33.1. The molecule has 2 aromatic rings. The van der Waals surface area contributed by atoms with E-state index in [9.17, 15) is 57.4 Å². The maximum Gasteiger partial charge on any atom is 0.508 e. The van der Waals surface area contributed by atoms with Crippen LogP contribution >= 0.6 is 32.9 Å². The molecule has 1 aliphatic heterocycles. The van der Waals surface area contributed by atoms with Crippen LogP contribution in [0.1, 0.15) is 237 Å². The molecule has 120 heavy (non-hydrogen) atoms. The van der Waals surface area contributed by atoms with E-state index in [4.69, 9.17) is 68.0 Å². The van der Waals surface area contributed by atoms with Gasteiger partial charge < -0.3 is 98.5 Å². The summed E-state index contributed by atoms with van der Waals surface area (Å²) in [5.41, 5.74) is 0.946. The van der Waals surface area contributed by atoms with Crippen molar-refractivity contribution in [2.24, 2.45) is 23.7 Å². The zero-order valence-corrected chi connectivity index (χ0v) is 75.8. The van der Waals surface area contributed by atoms with E-state index in [1.54, 1.807) is 58.0 Å². The second-order valence-corrected chi connectivity index (χ2v) is 33.5. The van der Waals surface area contributed by atoms with Gasteiger partial charge in [0.05, 0.1) is 57.2 Å². The number of likely N-dealkylation sites (N-methyl/N-ethyl adjacent to an activating group) is 2. The Morgan fingerprint density at radius 2 is 1.23 bits per heavy atom. The topological polar surface area (TPSA) is 429 Å². The number of aromatic nitrogens is 1. The van der Waals surface area contributed by atoms with Crippen LogP contribution in [0.15, 0.2) is 29.6 Å². The van der Waals surface area contributed by atoms with Crippen molar-refractivity contribution in [2.75, 3.05) is 119 Å². The molecule has 0 bridgehead atoms. The maximum atomic E-state index is 14.4. The summed E-state index contributed by atoms with van der Waals surface area (Å²) in [6, 6.07) is 4.48. The fourth-order valence-corrected chi connectivity index (χ4v) is 15.3. The highest BCUT2D eigenvalue weighted by molar-refractivity contribution is 8.76. The molecule has 0 saturated carbocycles. The third-order valence-electron chi connectivity index (χ3n) is 20.0. The average Bonchev–Trinajstić information content (AvgIpc) is 1.25. The zero-order chi connectivity index (χ0) is 89.7. The largest absolute Gasteiger partial charge is 0.508 e. The summed E-state index contributed by atoms with van der Waals surface area (Å²) in [7, 11) is 11.3. The fourth-order valence-electron chi connectivity index (χ4n) is 12.5. The Bertz CT molecular complexity index is 3130. The van der Waals surface area contributed by atoms with E-state index in [-0.39, 0.29) is 163 Å². The van der Waals surface area contributed by atoms with Crippen LogP contribution in [0.3, 0.4) is 0 Å². The Morgan fingerprint density at radius 1 is 0.658 bits per heavy atom. The minimum atomic E-state index is -1.07. The number of ether oxygens (including phenoxy) is 11. The highest BCUT2D eigenvalue weighted by Crippen LogP contribution is 2.33. The third kappa shape index (κ3) is 50.5. The Morgan fingerprint density at radius 3 is 1.77 bits per heavy atom. The molecular formula is C84H143FN6O26S3. The van der Waals surface area contributed by atoms with Gasteiger partial charge in [0, 0.05) is 96.4 Å². The molecule has 13 atom stereocenters. The molecule has 0 spiro atoms. The van der Waals surface area contributed by atoms with Crippen molar-refractivity contribution in [3.8, 4) is 0 Å². The van der Waals surface area contributed by atoms with Gasteiger partial charge in [-0.1, -0.05) is 147 Å². The Kier molecular flexibility index (Phi) is 63.4. The van der Waals surface area contributed by atoms with Gasteiger partial charge in [0.25, 0.3) is 0 Å². The number of amides is 4. The van der Waals surface area contributed by atoms with Gasteiger partial charge in [-0.3, -0.25) is 48.1 Å². The lowest BCUT2D eigenvalue weighted by Crippen LogP contribution is -2.58. The minimum absolute atomic E-state index is 0.00252. The number of aliphatic carboxylic acids is 1. The number of benzene rings is 1. The molecule has 4 amide bonds. The first-order chi connectivity index (χ1) is 57.4. The van der Waals surface area contributed by atoms with Crippen LogP contribution in [0.25, 0.3) is 0 Å². The summed E-state index contributed by atoms with van der Waals surface area (Å²) in [6.45, 7) is 16.8. The van der Waals surface area contributed by atoms with E-state index in [0.717, 1.165) is 75.6 Å². The molecule has 8 unspecified atom stereocenters. The van der Waals surface area contributed by atoms with Gasteiger partial charge in [0.2, 0.25) is 23.6 Å². The van der Waals surface area contributed by atoms with Gasteiger partial charge in [-0.2, -0.15) is 0 Å². The zero-order valence-electron chi connectivity index (χ0n) is 73.4. The summed E-state index contributed by atoms with van der Waals surface area (Å²) >= 11 is 1.18. The molecule has 3 rings (SSSR count). The molecule has 1 saturated heterocycles. The normalized spacial score (nSPS) is 15.8. The number of rotatable bonds is 64. The predicted octanol–water partition coefficient (Wildman–Crippen LogP) is 10.5. The summed E-state index contributed by atoms with van der Waals surface area (Å²) in [4.78, 5) is 135. The van der Waals surface area contributed by atoms with Crippen LogP contribution < -0.4 is 16.0 Å². The van der Waals surface area contributed by atoms with Crippen molar-refractivity contribution in [3.05, 3.63) is 51.7 Å². The van der Waals surface area contributed by atoms with Crippen molar-refractivity contribution in [2.45, 2.75) is 278 Å². The number of aliphatic hydroxyl groups excluding tert-OH is 4. The Balaban J connectivity index is 0.00000200. The number of thiazole rings is 1. The number of Topliss-reactive ketones (excluding diaryl/α,β-unsaturated/α-hetero) is 1. The molecule has 1 aliphatic rings. The minimum Gasteiger partial charge on any atom is -0.481 e. The molecular weight excluding hydrogens is 1620 g/mol. The molecule has 8 N–H and O–H groups in total. The second-order valence-electron chi connectivity index (χ2n) is 29.9. The van der Waals surface area contributed by atoms with E-state index >= 15 is 0 Å². The number of nitrogens with zero attached hydrogens (tertiary/aromatic N) is 3. The standard InChI is InChI=1S/C66H107FN6O14S3.C11H20O8.C7H16O4/c1-11-46(5)62(71-64(81)54-25-20-22-33-72(54)8)66(82)73(9)55(45(3)4)40-57(86-48(7)75)65-70-53(44-88-65)56(76)39-50(38-49-28-30-51(67)31-29-49)37-47(6)63(80)69-41-60(79)84-34-36-90-89-35-23-19-17-15-13-14-16-18-21-32-68-58(77)26-24-27-59(78)85-43-61(83-10)87-52(12-2)42-74;1-3-8(6-12)19-10(16-2)7-18-11(15)17-5-4-9(13)14;1-3-6(4-8)11-7(5-9)10-2/h28-31,44-47,50,52,54-55,57,61-62,74H,11-27,32-43H2,1-10H3,(H,68,77)(H,69,80)(H,71,81);8,10,12H,3-7H2,1-2H3,(H,13,14);6-9H,3-5H2,1-2H3/t46-,47-,50+,52?,54?,55+,57+,61?,62?;;/m0../s1. The fraction of sp³-hybridized carbons (Fsp3) is 0.774. The first-order valence-electron chi connectivity index (χ1n) is 42.2. The Labute approximate surface area is 722 Å². The number of carbonyl (C=O) groups excluding carboxylic acids is 9. The SMILES string of the molecule is CCC(CO)OC(CO)OC.CCC(CO)OC(COC(=O)CCCC(=O)NCCCCCCCCCCCSSCCOC(=O)CNC(=O)[C@@H](C)C[C@@H](CC(=O)c1csc([C@@H](C[C@H](C(C)C)N(C)C(=O)C(NC(=O)C2CCCCN2C)[C@@H](C)CC)OC(C)=O)n1)Cc1ccc(F)cc1)OC.CCC(CO)OC(COC(=O)OCCC(=O)O)OC. The number of piperidine rings is 1. The number of hydrogen-bond donors (Lipinski definition) is 8. The van der Waals surface area contributed by atoms with Crippen molar-refractivity contribution < 1.29 is 130 Å². The van der Waals surface area contributed by atoms with Gasteiger partial charge in [-0.25, -0.2) is 14.2 Å². The number of likely N-dealkylation sites (tertiary alicyclic amines) is 1. The van der Waals surface area contributed by atoms with Gasteiger partial charge in [0.15, 0.2) is 30.8 Å². The highest BCUT2D eigenvalue weighted by Gasteiger charge is 2.38. The van der Waals surface area contributed by atoms with Crippen LogP contribution in [0.4, 0.5) is 9.18 Å². The van der Waals surface area contributed by atoms with Gasteiger partial charge >= 0.3 is 30.0 Å². The number of aliphatic hydroxyl groups is 4. The lowest BCUT2D eigenvalue weighted by molar-refractivity contribution is -0.194. The third-order valence-corrected chi connectivity index (χ3v) is 23.4. The van der Waals surface area contributed by atoms with Crippen LogP contribution in [-0.4, -0.2) is 274 Å². The number of nitrogens with one attached hydrogen (secondary N) is 3. The molecule has 1 aromatic carbocycles. The number of carboxylic acid groups (broad SMARTS) is 1. The van der Waals surface area contributed by atoms with Crippen LogP contribution in [0.5, 0.6) is 0 Å². The van der Waals surface area contributed by atoms with Gasteiger partial charge in [-0.05, 0) is 113 Å². The molecule has 0 aliphatic carbocycles. The van der Waals surface area contributed by atoms with Crippen molar-refractivity contribution >= 4 is 92.4 Å². The van der Waals surface area contributed by atoms with Gasteiger partial charge in [-0.15, -0.1) is 11.3 Å². The van der Waals surface area contributed by atoms with Crippen molar-refractivity contribution in [3.63, 3.8) is 0 Å². The number of carbonyl (C=O) groups is 10. The van der Waals surface area contributed by atoms with Crippen molar-refractivity contribution in [1.82, 2.24) is 30.7 Å². The first kappa shape index (κ1) is 112. The van der Waals surface area contributed by atoms with E-state index in [1.807, 2.05) is 60.4 Å². The number of hydrogen-bond acceptors (Lipinski definition) is 30. The van der Waals surface area contributed by atoms with E-state index in [1.165, 1.54) is 71.0 Å². The van der Waals surface area contributed by atoms with Crippen LogP contribution in [0.2, 0.25) is 0 Å². The average molecular weight is 1770 g/mol. The van der Waals surface area contributed by atoms with Crippen LogP contribution in [0, 0.1) is 29.5 Å². The monoisotopic (exact) mass is 1770 g/mol. The summed E-state index contributed by atoms with van der Waals surface area (Å²) in [6.07, 6.45) is 11.5. The quantitative estimate of drug-likeness (QED) is 0.00761. The van der Waals surface area contributed by atoms with E-state index in [2.05, 4.69) is 25.4 Å². The number of carboxylic acids is 1. The number of methoxy groups -OCH3 is 3. The predicted molar refractivity (Wildman–Crippen MR) is 455 cm³/mol. The molecule has 690 valence electrons.